The summed E-state index contributed by atoms with van der Waals surface area (Å²) in [4.78, 5) is 0. The molecule has 1 aromatic carbocycles. The van der Waals surface area contributed by atoms with E-state index in [1.807, 2.05) is 25.1 Å². The van der Waals surface area contributed by atoms with Crippen molar-refractivity contribution in [1.29, 1.82) is 0 Å². The van der Waals surface area contributed by atoms with E-state index in [-0.39, 0.29) is 0 Å². The van der Waals surface area contributed by atoms with E-state index < -0.39 is 0 Å². The Balaban J connectivity index is 1.98. The molecule has 4 heteroatoms. The molecular formula is C20H32O4. The Hall–Kier alpha value is -1.36. The van der Waals surface area contributed by atoms with Gasteiger partial charge in [0.2, 0.25) is 0 Å². The third kappa shape index (κ3) is 9.71. The smallest absolute Gasteiger partial charge is 0.111 e. The molecule has 0 radical (unpaired) electrons. The molecule has 0 N–H and O–H groups in total. The monoisotopic (exact) mass is 336 g/mol. The van der Waals surface area contributed by atoms with Crippen molar-refractivity contribution in [2.24, 2.45) is 0 Å². The summed E-state index contributed by atoms with van der Waals surface area (Å²) in [6.07, 6.45) is 2.27. The van der Waals surface area contributed by atoms with E-state index in [1.165, 1.54) is 5.56 Å². The van der Waals surface area contributed by atoms with Gasteiger partial charge >= 0.3 is 0 Å². The van der Waals surface area contributed by atoms with Crippen molar-refractivity contribution in [3.8, 4) is 0 Å². The second kappa shape index (κ2) is 14.0. The van der Waals surface area contributed by atoms with Gasteiger partial charge in [0.1, 0.15) is 6.61 Å². The van der Waals surface area contributed by atoms with Crippen LogP contribution in [0.15, 0.2) is 36.1 Å². The standard InChI is InChI=1S/C20H32O4/c1-4-5-11-21-12-13-22-14-15-23-16-17-24-19(3)18(2)20-9-7-6-8-10-20/h6-10H,4-5,11-17H2,1-3H3/b19-18+. The topological polar surface area (TPSA) is 36.9 Å². The molecule has 0 heterocycles. The molecule has 24 heavy (non-hydrogen) atoms. The van der Waals surface area contributed by atoms with Crippen molar-refractivity contribution < 1.29 is 18.9 Å². The summed E-state index contributed by atoms with van der Waals surface area (Å²) in [6.45, 7) is 10.6. The van der Waals surface area contributed by atoms with E-state index in [9.17, 15) is 0 Å². The Morgan fingerprint density at radius 3 is 1.88 bits per heavy atom. The van der Waals surface area contributed by atoms with Crippen LogP contribution in [-0.4, -0.2) is 46.2 Å². The van der Waals surface area contributed by atoms with Gasteiger partial charge < -0.3 is 18.9 Å². The van der Waals surface area contributed by atoms with Gasteiger partial charge in [0.25, 0.3) is 0 Å². The molecule has 0 saturated carbocycles. The maximum atomic E-state index is 5.73. The van der Waals surface area contributed by atoms with Crippen LogP contribution in [0.2, 0.25) is 0 Å². The average Bonchev–Trinajstić information content (AvgIpc) is 2.62. The molecule has 136 valence electrons. The molecule has 0 atom stereocenters. The van der Waals surface area contributed by atoms with Gasteiger partial charge in [0.05, 0.1) is 38.8 Å². The van der Waals surface area contributed by atoms with E-state index in [0.717, 1.165) is 30.8 Å². The third-order valence-electron chi connectivity index (χ3n) is 3.67. The second-order valence-corrected chi connectivity index (χ2v) is 5.59. The first-order valence-corrected chi connectivity index (χ1v) is 8.84. The van der Waals surface area contributed by atoms with E-state index in [2.05, 4.69) is 26.0 Å². The average molecular weight is 336 g/mol. The van der Waals surface area contributed by atoms with Crippen LogP contribution >= 0.6 is 0 Å². The van der Waals surface area contributed by atoms with Gasteiger partial charge in [-0.05, 0) is 31.4 Å². The molecule has 0 amide bonds. The number of ether oxygens (including phenoxy) is 4. The summed E-state index contributed by atoms with van der Waals surface area (Å²) in [5, 5.41) is 0. The van der Waals surface area contributed by atoms with Crippen LogP contribution in [0.25, 0.3) is 5.57 Å². The lowest BCUT2D eigenvalue weighted by Crippen LogP contribution is -2.12. The van der Waals surface area contributed by atoms with E-state index in [1.54, 1.807) is 0 Å². The molecule has 4 nitrogen and oxygen atoms in total. The molecule has 0 fully saturated rings. The van der Waals surface area contributed by atoms with Gasteiger partial charge in [-0.1, -0.05) is 43.7 Å². The van der Waals surface area contributed by atoms with E-state index in [0.29, 0.717) is 39.6 Å². The predicted molar refractivity (Wildman–Crippen MR) is 98.0 cm³/mol. The van der Waals surface area contributed by atoms with Crippen LogP contribution in [0.4, 0.5) is 0 Å². The number of unbranched alkanes of at least 4 members (excludes halogenated alkanes) is 1. The molecule has 1 rings (SSSR count). The largest absolute Gasteiger partial charge is 0.496 e. The maximum absolute atomic E-state index is 5.73. The number of hydrogen-bond donors (Lipinski definition) is 0. The molecule has 0 aromatic heterocycles. The summed E-state index contributed by atoms with van der Waals surface area (Å²) in [7, 11) is 0. The Labute approximate surface area is 146 Å². The Morgan fingerprint density at radius 2 is 1.29 bits per heavy atom. The number of hydrogen-bond acceptors (Lipinski definition) is 4. The van der Waals surface area contributed by atoms with Gasteiger partial charge in [0.15, 0.2) is 0 Å². The SMILES string of the molecule is CCCCOCCOCCOCCO/C(C)=C(\C)c1ccccc1. The summed E-state index contributed by atoms with van der Waals surface area (Å²) >= 11 is 0. The van der Waals surface area contributed by atoms with Crippen LogP contribution < -0.4 is 0 Å². The highest BCUT2D eigenvalue weighted by Crippen LogP contribution is 2.18. The van der Waals surface area contributed by atoms with E-state index in [4.69, 9.17) is 18.9 Å². The van der Waals surface area contributed by atoms with Gasteiger partial charge in [-0.15, -0.1) is 0 Å². The fourth-order valence-corrected chi connectivity index (χ4v) is 2.04. The Bertz CT molecular complexity index is 442. The minimum atomic E-state index is 0.552. The summed E-state index contributed by atoms with van der Waals surface area (Å²) in [6, 6.07) is 10.2. The first-order chi connectivity index (χ1) is 11.8. The molecule has 0 unspecified atom stereocenters. The summed E-state index contributed by atoms with van der Waals surface area (Å²) < 4.78 is 22.1. The van der Waals surface area contributed by atoms with Gasteiger partial charge in [-0.25, -0.2) is 0 Å². The highest BCUT2D eigenvalue weighted by atomic mass is 16.6. The molecule has 0 aliphatic carbocycles. The van der Waals surface area contributed by atoms with Crippen LogP contribution in [0.1, 0.15) is 39.2 Å². The Morgan fingerprint density at radius 1 is 0.750 bits per heavy atom. The minimum absolute atomic E-state index is 0.552. The molecule has 0 saturated heterocycles. The van der Waals surface area contributed by atoms with Crippen molar-refractivity contribution in [2.45, 2.75) is 33.6 Å². The quantitative estimate of drug-likeness (QED) is 0.375. The number of benzene rings is 1. The maximum Gasteiger partial charge on any atom is 0.111 e. The zero-order valence-corrected chi connectivity index (χ0v) is 15.4. The van der Waals surface area contributed by atoms with Crippen molar-refractivity contribution in [1.82, 2.24) is 0 Å². The first kappa shape index (κ1) is 20.7. The minimum Gasteiger partial charge on any atom is -0.496 e. The van der Waals surface area contributed by atoms with Crippen LogP contribution in [0.5, 0.6) is 0 Å². The predicted octanol–water partition coefficient (Wildman–Crippen LogP) is 4.30. The van der Waals surface area contributed by atoms with E-state index >= 15 is 0 Å². The fraction of sp³-hybridized carbons (Fsp3) is 0.600. The van der Waals surface area contributed by atoms with Crippen LogP contribution in [-0.2, 0) is 18.9 Å². The Kier molecular flexibility index (Phi) is 12.1. The van der Waals surface area contributed by atoms with Crippen LogP contribution in [0, 0.1) is 0 Å². The second-order valence-electron chi connectivity index (χ2n) is 5.59. The lowest BCUT2D eigenvalue weighted by atomic mass is 10.1. The molecule has 0 bridgehead atoms. The molecular weight excluding hydrogens is 304 g/mol. The van der Waals surface area contributed by atoms with Crippen molar-refractivity contribution in [2.75, 3.05) is 46.2 Å². The highest BCUT2D eigenvalue weighted by Gasteiger charge is 2.01. The number of allylic oxidation sites excluding steroid dienone is 2. The summed E-state index contributed by atoms with van der Waals surface area (Å²) in [5.74, 6) is 0.935. The molecule has 1 aromatic rings. The normalized spacial score (nSPS) is 12.1. The molecule has 0 aliphatic heterocycles. The van der Waals surface area contributed by atoms with Gasteiger partial charge in [0, 0.05) is 6.61 Å². The molecule has 0 aliphatic rings. The first-order valence-electron chi connectivity index (χ1n) is 8.84. The number of rotatable bonds is 14. The highest BCUT2D eigenvalue weighted by molar-refractivity contribution is 5.65. The van der Waals surface area contributed by atoms with Crippen molar-refractivity contribution >= 4 is 5.57 Å². The van der Waals surface area contributed by atoms with Crippen molar-refractivity contribution in [3.05, 3.63) is 41.7 Å². The lowest BCUT2D eigenvalue weighted by molar-refractivity contribution is 0.00468. The van der Waals surface area contributed by atoms with Crippen molar-refractivity contribution in [3.63, 3.8) is 0 Å². The third-order valence-corrected chi connectivity index (χ3v) is 3.67. The van der Waals surface area contributed by atoms with Crippen LogP contribution in [0.3, 0.4) is 0 Å². The van der Waals surface area contributed by atoms with Gasteiger partial charge in [-0.3, -0.25) is 0 Å². The van der Waals surface area contributed by atoms with Gasteiger partial charge in [-0.2, -0.15) is 0 Å². The summed E-state index contributed by atoms with van der Waals surface area (Å²) in [5.41, 5.74) is 2.34. The lowest BCUT2D eigenvalue weighted by Gasteiger charge is -2.11. The fourth-order valence-electron chi connectivity index (χ4n) is 2.04. The molecule has 0 spiro atoms. The zero-order chi connectivity index (χ0) is 17.5. The zero-order valence-electron chi connectivity index (χ0n) is 15.4.